The predicted molar refractivity (Wildman–Crippen MR) is 68.3 cm³/mol. The van der Waals surface area contributed by atoms with Gasteiger partial charge in [0.25, 0.3) is 0 Å². The van der Waals surface area contributed by atoms with Crippen molar-refractivity contribution in [2.45, 2.75) is 38.0 Å². The van der Waals surface area contributed by atoms with Crippen molar-refractivity contribution in [3.63, 3.8) is 0 Å². The highest BCUT2D eigenvalue weighted by molar-refractivity contribution is 7.90. The predicted octanol–water partition coefficient (Wildman–Crippen LogP) is 2.75. The largest absolute Gasteiger partial charge is 0.598 e. The van der Waals surface area contributed by atoms with Crippen LogP contribution in [0.2, 0.25) is 0 Å². The lowest BCUT2D eigenvalue weighted by Crippen LogP contribution is -2.41. The molecule has 1 aromatic rings. The molecule has 1 heterocycles. The lowest BCUT2D eigenvalue weighted by Gasteiger charge is -2.26. The van der Waals surface area contributed by atoms with Crippen molar-refractivity contribution in [1.82, 2.24) is 4.72 Å². The Morgan fingerprint density at radius 1 is 1.62 bits per heavy atom. The molecule has 1 N–H and O–H groups in total. The van der Waals surface area contributed by atoms with Gasteiger partial charge in [0.05, 0.1) is 18.5 Å². The molecule has 16 heavy (non-hydrogen) atoms. The molecule has 0 aromatic carbocycles. The van der Waals surface area contributed by atoms with Crippen molar-refractivity contribution >= 4 is 22.7 Å². The normalized spacial score (nSPS) is 15.4. The van der Waals surface area contributed by atoms with Crippen molar-refractivity contribution < 1.29 is 4.55 Å². The van der Waals surface area contributed by atoms with Crippen LogP contribution in [0.25, 0.3) is 0 Å². The Balaban J connectivity index is 2.70. The number of thiophene rings is 1. The molecule has 0 aliphatic carbocycles. The molecule has 0 saturated heterocycles. The fourth-order valence-electron chi connectivity index (χ4n) is 1.10. The highest BCUT2D eigenvalue weighted by Gasteiger charge is 2.29. The minimum Gasteiger partial charge on any atom is -0.598 e. The van der Waals surface area contributed by atoms with E-state index in [4.69, 9.17) is 5.26 Å². The number of hydrogen-bond acceptors (Lipinski definition) is 4. The zero-order chi connectivity index (χ0) is 12.2. The van der Waals surface area contributed by atoms with Crippen LogP contribution in [0.5, 0.6) is 0 Å². The standard InChI is InChI=1S/C11H16N2OS2/c1-11(2,3)16(14)13-10(4-6-12)9-5-7-15-8-9/h5,7-8,10,13H,4H2,1-3H3/t10?,16-/m1/s1. The lowest BCUT2D eigenvalue weighted by atomic mass is 10.1. The Morgan fingerprint density at radius 3 is 2.75 bits per heavy atom. The van der Waals surface area contributed by atoms with Gasteiger partial charge in [-0.1, -0.05) is 0 Å². The van der Waals surface area contributed by atoms with Gasteiger partial charge in [0.2, 0.25) is 0 Å². The van der Waals surface area contributed by atoms with E-state index in [0.717, 1.165) is 5.56 Å². The average Bonchev–Trinajstić information content (AvgIpc) is 2.68. The van der Waals surface area contributed by atoms with Crippen molar-refractivity contribution in [2.24, 2.45) is 0 Å². The Kier molecular flexibility index (Phi) is 4.81. The third-order valence-electron chi connectivity index (χ3n) is 2.05. The first-order valence-electron chi connectivity index (χ1n) is 5.02. The van der Waals surface area contributed by atoms with E-state index in [1.807, 2.05) is 37.6 Å². The molecule has 1 unspecified atom stereocenters. The SMILES string of the molecule is CC(C)(C)[S@@+]([O-])NC(CC#N)c1ccsc1. The van der Waals surface area contributed by atoms with Gasteiger partial charge in [-0.3, -0.25) is 0 Å². The van der Waals surface area contributed by atoms with Crippen LogP contribution >= 0.6 is 11.3 Å². The summed E-state index contributed by atoms with van der Waals surface area (Å²) in [5.41, 5.74) is 1.03. The highest BCUT2D eigenvalue weighted by atomic mass is 32.2. The first-order chi connectivity index (χ1) is 7.45. The molecular formula is C11H16N2OS2. The maximum atomic E-state index is 11.9. The molecule has 5 heteroatoms. The van der Waals surface area contributed by atoms with E-state index in [2.05, 4.69) is 10.8 Å². The monoisotopic (exact) mass is 256 g/mol. The Labute approximate surface area is 104 Å². The summed E-state index contributed by atoms with van der Waals surface area (Å²) in [5.74, 6) is 0. The minimum absolute atomic E-state index is 0.142. The van der Waals surface area contributed by atoms with Crippen molar-refractivity contribution in [3.8, 4) is 6.07 Å². The summed E-state index contributed by atoms with van der Waals surface area (Å²) in [5, 5.41) is 12.7. The molecule has 2 atom stereocenters. The van der Waals surface area contributed by atoms with E-state index >= 15 is 0 Å². The second-order valence-electron chi connectivity index (χ2n) is 4.47. The fraction of sp³-hybridized carbons (Fsp3) is 0.545. The maximum absolute atomic E-state index is 11.9. The molecule has 88 valence electrons. The van der Waals surface area contributed by atoms with Gasteiger partial charge < -0.3 is 4.55 Å². The quantitative estimate of drug-likeness (QED) is 0.843. The first-order valence-corrected chi connectivity index (χ1v) is 7.11. The van der Waals surface area contributed by atoms with Crippen molar-refractivity contribution in [3.05, 3.63) is 22.4 Å². The van der Waals surface area contributed by atoms with Gasteiger partial charge in [-0.2, -0.15) is 16.6 Å². The van der Waals surface area contributed by atoms with Crippen LogP contribution in [-0.4, -0.2) is 9.30 Å². The summed E-state index contributed by atoms with van der Waals surface area (Å²) in [7, 11) is 0. The second-order valence-corrected chi connectivity index (χ2v) is 7.25. The first kappa shape index (κ1) is 13.5. The number of hydrogen-bond donors (Lipinski definition) is 1. The zero-order valence-electron chi connectivity index (χ0n) is 9.69. The van der Waals surface area contributed by atoms with Gasteiger partial charge in [-0.25, -0.2) is 0 Å². The number of nitriles is 1. The van der Waals surface area contributed by atoms with Crippen molar-refractivity contribution in [2.75, 3.05) is 0 Å². The average molecular weight is 256 g/mol. The van der Waals surface area contributed by atoms with Gasteiger partial charge in [0.1, 0.15) is 4.75 Å². The Hall–Kier alpha value is -0.540. The summed E-state index contributed by atoms with van der Waals surface area (Å²) in [6.07, 6.45) is 0.332. The van der Waals surface area contributed by atoms with Crippen LogP contribution in [0.1, 0.15) is 38.8 Å². The highest BCUT2D eigenvalue weighted by Crippen LogP contribution is 2.23. The molecule has 0 bridgehead atoms. The van der Waals surface area contributed by atoms with Crippen LogP contribution in [0.4, 0.5) is 0 Å². The zero-order valence-corrected chi connectivity index (χ0v) is 11.3. The summed E-state index contributed by atoms with van der Waals surface area (Å²) < 4.78 is 14.6. The molecule has 0 aliphatic rings. The van der Waals surface area contributed by atoms with Gasteiger partial charge in [0.15, 0.2) is 0 Å². The number of rotatable bonds is 4. The molecule has 0 saturated carbocycles. The Bertz CT molecular complexity index is 351. The van der Waals surface area contributed by atoms with E-state index in [9.17, 15) is 4.55 Å². The summed E-state index contributed by atoms with van der Waals surface area (Å²) in [4.78, 5) is 0. The number of nitrogens with one attached hydrogen (secondary N) is 1. The second kappa shape index (κ2) is 5.69. The lowest BCUT2D eigenvalue weighted by molar-refractivity contribution is 0.525. The van der Waals surface area contributed by atoms with E-state index in [1.54, 1.807) is 11.3 Å². The molecule has 0 amide bonds. The van der Waals surface area contributed by atoms with E-state index in [0.29, 0.717) is 6.42 Å². The van der Waals surface area contributed by atoms with E-state index in [1.165, 1.54) is 0 Å². The van der Waals surface area contributed by atoms with Crippen LogP contribution in [0.3, 0.4) is 0 Å². The minimum atomic E-state index is -1.15. The third kappa shape index (κ3) is 3.80. The molecule has 0 fully saturated rings. The van der Waals surface area contributed by atoms with Gasteiger partial charge in [0, 0.05) is 11.4 Å². The molecular weight excluding hydrogens is 240 g/mol. The molecule has 3 nitrogen and oxygen atoms in total. The van der Waals surface area contributed by atoms with Gasteiger partial charge in [-0.05, 0) is 43.2 Å². The summed E-state index contributed by atoms with van der Waals surface area (Å²) >= 11 is 0.430. The van der Waals surface area contributed by atoms with Gasteiger partial charge in [-0.15, -0.1) is 4.72 Å². The maximum Gasteiger partial charge on any atom is 0.136 e. The van der Waals surface area contributed by atoms with Gasteiger partial charge >= 0.3 is 0 Å². The van der Waals surface area contributed by atoms with Crippen LogP contribution < -0.4 is 4.72 Å². The molecule has 0 spiro atoms. The van der Waals surface area contributed by atoms with E-state index < -0.39 is 11.4 Å². The van der Waals surface area contributed by atoms with Crippen molar-refractivity contribution in [1.29, 1.82) is 5.26 Å². The smallest absolute Gasteiger partial charge is 0.136 e. The van der Waals surface area contributed by atoms with E-state index in [-0.39, 0.29) is 10.8 Å². The summed E-state index contributed by atoms with van der Waals surface area (Å²) in [6, 6.07) is 3.94. The van der Waals surface area contributed by atoms with Crippen LogP contribution in [-0.2, 0) is 11.4 Å². The van der Waals surface area contributed by atoms with Crippen LogP contribution in [0.15, 0.2) is 16.8 Å². The molecule has 1 aromatic heterocycles. The Morgan fingerprint density at radius 2 is 2.31 bits per heavy atom. The molecule has 0 radical (unpaired) electrons. The number of nitrogens with zero attached hydrogens (tertiary/aromatic N) is 1. The van der Waals surface area contributed by atoms with Crippen LogP contribution in [0, 0.1) is 11.3 Å². The summed E-state index contributed by atoms with van der Waals surface area (Å²) in [6.45, 7) is 5.73. The molecule has 0 aliphatic heterocycles. The topological polar surface area (TPSA) is 58.9 Å². The molecule has 1 rings (SSSR count). The third-order valence-corrected chi connectivity index (χ3v) is 4.36. The fourth-order valence-corrected chi connectivity index (χ4v) is 2.64.